The molecule has 0 fully saturated rings. The Morgan fingerprint density at radius 1 is 0.962 bits per heavy atom. The molecule has 0 saturated carbocycles. The van der Waals surface area contributed by atoms with E-state index in [2.05, 4.69) is 4.98 Å². The molecule has 0 N–H and O–H groups in total. The molecule has 0 atom stereocenters. The van der Waals surface area contributed by atoms with Gasteiger partial charge in [0.1, 0.15) is 11.5 Å². The fourth-order valence-corrected chi connectivity index (χ4v) is 3.18. The van der Waals surface area contributed by atoms with Gasteiger partial charge in [-0.1, -0.05) is 11.6 Å². The maximum Gasteiger partial charge on any atom is 0.234 e. The number of benzene rings is 2. The van der Waals surface area contributed by atoms with Crippen molar-refractivity contribution in [2.75, 3.05) is 14.2 Å². The van der Waals surface area contributed by atoms with Gasteiger partial charge in [-0.15, -0.1) is 0 Å². The summed E-state index contributed by atoms with van der Waals surface area (Å²) in [7, 11) is 3.25. The number of fused-ring (bicyclic) bond motifs is 1. The highest BCUT2D eigenvalue weighted by atomic mass is 35.5. The molecule has 0 spiro atoms. The molecule has 2 heterocycles. The van der Waals surface area contributed by atoms with E-state index >= 15 is 0 Å². The minimum atomic E-state index is 0.538. The first kappa shape index (κ1) is 16.4. The Bertz CT molecular complexity index is 1070. The van der Waals surface area contributed by atoms with Crippen LogP contribution in [-0.2, 0) is 0 Å². The summed E-state index contributed by atoms with van der Waals surface area (Å²) < 4.78 is 12.5. The molecular formula is C20H16ClN3O2. The lowest BCUT2D eigenvalue weighted by Crippen LogP contribution is -1.91. The molecule has 0 unspecified atom stereocenters. The number of nitrogens with zero attached hydrogens (tertiary/aromatic N) is 3. The summed E-state index contributed by atoms with van der Waals surface area (Å²) in [6, 6.07) is 15.4. The molecule has 0 bridgehead atoms. The number of methoxy groups -OCH3 is 2. The van der Waals surface area contributed by atoms with Gasteiger partial charge in [0.25, 0.3) is 0 Å². The average Bonchev–Trinajstić information content (AvgIpc) is 3.07. The molecule has 0 aliphatic heterocycles. The van der Waals surface area contributed by atoms with Gasteiger partial charge in [-0.05, 0) is 48.5 Å². The van der Waals surface area contributed by atoms with Crippen LogP contribution < -0.4 is 9.47 Å². The summed E-state index contributed by atoms with van der Waals surface area (Å²) in [6.45, 7) is 0. The van der Waals surface area contributed by atoms with Crippen LogP contribution >= 0.6 is 11.6 Å². The molecule has 0 saturated heterocycles. The highest BCUT2D eigenvalue weighted by Gasteiger charge is 2.17. The Kier molecular flexibility index (Phi) is 4.22. The van der Waals surface area contributed by atoms with Crippen LogP contribution in [0.3, 0.4) is 0 Å². The fourth-order valence-electron chi connectivity index (χ4n) is 2.93. The first-order chi connectivity index (χ1) is 12.7. The normalized spacial score (nSPS) is 10.9. The molecule has 26 heavy (non-hydrogen) atoms. The zero-order chi connectivity index (χ0) is 18.1. The number of imidazole rings is 1. The third-order valence-corrected chi connectivity index (χ3v) is 4.49. The van der Waals surface area contributed by atoms with E-state index in [0.29, 0.717) is 16.5 Å². The quantitative estimate of drug-likeness (QED) is 0.524. The van der Waals surface area contributed by atoms with E-state index in [0.717, 1.165) is 28.3 Å². The standard InChI is InChI=1S/C20H16ClN3O2/c1-25-15-7-4-13(5-8-15)19-18(23-20-22-10-3-11-24(19)20)14-6-9-17(26-2)16(21)12-14/h3-12H,1-2H3. The van der Waals surface area contributed by atoms with E-state index in [1.807, 2.05) is 59.1 Å². The van der Waals surface area contributed by atoms with Crippen molar-refractivity contribution in [3.05, 3.63) is 65.9 Å². The van der Waals surface area contributed by atoms with Crippen LogP contribution in [0.25, 0.3) is 28.3 Å². The highest BCUT2D eigenvalue weighted by molar-refractivity contribution is 6.32. The van der Waals surface area contributed by atoms with E-state index in [4.69, 9.17) is 26.1 Å². The third kappa shape index (κ3) is 2.76. The molecule has 2 aromatic carbocycles. The molecule has 0 amide bonds. The van der Waals surface area contributed by atoms with Gasteiger partial charge in [-0.3, -0.25) is 4.40 Å². The second kappa shape index (κ2) is 6.69. The van der Waals surface area contributed by atoms with Gasteiger partial charge in [0.15, 0.2) is 0 Å². The van der Waals surface area contributed by atoms with Gasteiger partial charge in [0.2, 0.25) is 5.78 Å². The lowest BCUT2D eigenvalue weighted by molar-refractivity contribution is 0.415. The van der Waals surface area contributed by atoms with E-state index < -0.39 is 0 Å². The van der Waals surface area contributed by atoms with Crippen molar-refractivity contribution < 1.29 is 9.47 Å². The lowest BCUT2D eigenvalue weighted by atomic mass is 10.0. The van der Waals surface area contributed by atoms with Crippen LogP contribution in [0.1, 0.15) is 0 Å². The van der Waals surface area contributed by atoms with Gasteiger partial charge in [-0.2, -0.15) is 0 Å². The van der Waals surface area contributed by atoms with Crippen LogP contribution in [0.5, 0.6) is 11.5 Å². The zero-order valence-electron chi connectivity index (χ0n) is 14.3. The summed E-state index contributed by atoms with van der Waals surface area (Å²) in [5.74, 6) is 2.05. The van der Waals surface area contributed by atoms with Gasteiger partial charge in [0.05, 0.1) is 30.6 Å². The van der Waals surface area contributed by atoms with Crippen molar-refractivity contribution in [1.82, 2.24) is 14.4 Å². The van der Waals surface area contributed by atoms with Crippen LogP contribution in [0.4, 0.5) is 0 Å². The van der Waals surface area contributed by atoms with Crippen molar-refractivity contribution in [1.29, 1.82) is 0 Å². The lowest BCUT2D eigenvalue weighted by Gasteiger charge is -2.08. The first-order valence-electron chi connectivity index (χ1n) is 8.02. The number of halogens is 1. The third-order valence-electron chi connectivity index (χ3n) is 4.19. The molecule has 130 valence electrons. The van der Waals surface area contributed by atoms with E-state index in [1.54, 1.807) is 20.4 Å². The predicted molar refractivity (Wildman–Crippen MR) is 102 cm³/mol. The zero-order valence-corrected chi connectivity index (χ0v) is 15.1. The average molecular weight is 366 g/mol. The molecule has 2 aromatic heterocycles. The van der Waals surface area contributed by atoms with Crippen molar-refractivity contribution in [2.45, 2.75) is 0 Å². The first-order valence-corrected chi connectivity index (χ1v) is 8.40. The SMILES string of the molecule is COc1ccc(-c2c(-c3ccc(OC)c(Cl)c3)nc3ncccn23)cc1. The van der Waals surface area contributed by atoms with Crippen molar-refractivity contribution in [3.63, 3.8) is 0 Å². The summed E-state index contributed by atoms with van der Waals surface area (Å²) in [5, 5.41) is 0.538. The highest BCUT2D eigenvalue weighted by Crippen LogP contribution is 2.36. The molecule has 0 aliphatic rings. The molecule has 6 heteroatoms. The summed E-state index contributed by atoms with van der Waals surface area (Å²) in [5.41, 5.74) is 3.65. The molecule has 5 nitrogen and oxygen atoms in total. The largest absolute Gasteiger partial charge is 0.497 e. The van der Waals surface area contributed by atoms with Crippen molar-refractivity contribution in [2.24, 2.45) is 0 Å². The number of hydrogen-bond donors (Lipinski definition) is 0. The van der Waals surface area contributed by atoms with Crippen LogP contribution in [0, 0.1) is 0 Å². The Hall–Kier alpha value is -3.05. The topological polar surface area (TPSA) is 48.7 Å². The number of hydrogen-bond acceptors (Lipinski definition) is 4. The fraction of sp³-hybridized carbons (Fsp3) is 0.100. The van der Waals surface area contributed by atoms with E-state index in [1.165, 1.54) is 0 Å². The van der Waals surface area contributed by atoms with Gasteiger partial charge in [0, 0.05) is 23.5 Å². The van der Waals surface area contributed by atoms with E-state index in [-0.39, 0.29) is 0 Å². The maximum atomic E-state index is 6.32. The summed E-state index contributed by atoms with van der Waals surface area (Å²) >= 11 is 6.32. The molecule has 4 rings (SSSR count). The Labute approximate surface area is 155 Å². The minimum absolute atomic E-state index is 0.538. The monoisotopic (exact) mass is 365 g/mol. The van der Waals surface area contributed by atoms with Crippen LogP contribution in [0.2, 0.25) is 5.02 Å². The van der Waals surface area contributed by atoms with Gasteiger partial charge < -0.3 is 9.47 Å². The Morgan fingerprint density at radius 2 is 1.73 bits per heavy atom. The molecule has 4 aromatic rings. The smallest absolute Gasteiger partial charge is 0.234 e. The van der Waals surface area contributed by atoms with E-state index in [9.17, 15) is 0 Å². The minimum Gasteiger partial charge on any atom is -0.497 e. The molecule has 0 aliphatic carbocycles. The number of aromatic nitrogens is 3. The summed E-state index contributed by atoms with van der Waals surface area (Å²) in [4.78, 5) is 9.09. The Balaban J connectivity index is 1.95. The van der Waals surface area contributed by atoms with Crippen LogP contribution in [-0.4, -0.2) is 28.6 Å². The predicted octanol–water partition coefficient (Wildman–Crippen LogP) is 4.73. The van der Waals surface area contributed by atoms with Crippen molar-refractivity contribution in [3.8, 4) is 34.0 Å². The second-order valence-corrected chi connectivity index (χ2v) is 6.08. The second-order valence-electron chi connectivity index (χ2n) is 5.68. The van der Waals surface area contributed by atoms with Crippen molar-refractivity contribution >= 4 is 17.4 Å². The van der Waals surface area contributed by atoms with Crippen LogP contribution in [0.15, 0.2) is 60.9 Å². The molecule has 0 radical (unpaired) electrons. The molecular weight excluding hydrogens is 350 g/mol. The number of rotatable bonds is 4. The summed E-state index contributed by atoms with van der Waals surface area (Å²) in [6.07, 6.45) is 3.68. The van der Waals surface area contributed by atoms with Gasteiger partial charge in [-0.25, -0.2) is 9.97 Å². The van der Waals surface area contributed by atoms with Gasteiger partial charge >= 0.3 is 0 Å². The number of ether oxygens (including phenoxy) is 2. The maximum absolute atomic E-state index is 6.32. The Morgan fingerprint density at radius 3 is 2.42 bits per heavy atom.